The van der Waals surface area contributed by atoms with E-state index in [1.165, 1.54) is 24.9 Å². The molecule has 150 valence electrons. The molecule has 0 fully saturated rings. The van der Waals surface area contributed by atoms with Crippen molar-refractivity contribution in [1.29, 1.82) is 0 Å². The number of hydrogen-bond donors (Lipinski definition) is 1. The fourth-order valence-corrected chi connectivity index (χ4v) is 3.02. The van der Waals surface area contributed by atoms with Gasteiger partial charge < -0.3 is 14.6 Å². The second-order valence-corrected chi connectivity index (χ2v) is 6.99. The summed E-state index contributed by atoms with van der Waals surface area (Å²) in [4.78, 5) is 33.2. The van der Waals surface area contributed by atoms with Gasteiger partial charge in [-0.1, -0.05) is 30.3 Å². The van der Waals surface area contributed by atoms with Crippen LogP contribution in [-0.4, -0.2) is 35.4 Å². The van der Waals surface area contributed by atoms with Crippen molar-refractivity contribution in [2.24, 2.45) is 7.05 Å². The highest BCUT2D eigenvalue weighted by atomic mass is 79.9. The van der Waals surface area contributed by atoms with Gasteiger partial charge >= 0.3 is 0 Å². The van der Waals surface area contributed by atoms with Crippen molar-refractivity contribution in [3.63, 3.8) is 0 Å². The van der Waals surface area contributed by atoms with Gasteiger partial charge in [-0.05, 0) is 15.9 Å². The molecule has 0 aliphatic rings. The molecule has 4 aromatic rings. The fourth-order valence-electron chi connectivity index (χ4n) is 2.65. The van der Waals surface area contributed by atoms with Crippen molar-refractivity contribution in [2.45, 2.75) is 6.61 Å². The second-order valence-electron chi connectivity index (χ2n) is 6.24. The van der Waals surface area contributed by atoms with Crippen LogP contribution >= 0.6 is 15.9 Å². The lowest BCUT2D eigenvalue weighted by molar-refractivity contribution is 0.101. The van der Waals surface area contributed by atoms with E-state index in [1.54, 1.807) is 0 Å². The molecule has 3 aromatic heterocycles. The normalized spacial score (nSPS) is 10.6. The lowest BCUT2D eigenvalue weighted by Gasteiger charge is -2.08. The van der Waals surface area contributed by atoms with E-state index in [0.29, 0.717) is 16.1 Å². The van der Waals surface area contributed by atoms with E-state index in [-0.39, 0.29) is 18.2 Å². The number of anilines is 1. The molecule has 0 aliphatic heterocycles. The topological polar surface area (TPSA) is 108 Å². The van der Waals surface area contributed by atoms with Crippen molar-refractivity contribution in [2.75, 3.05) is 5.32 Å². The number of nitrogens with zero attached hydrogens (tertiary/aromatic N) is 6. The largest absolute Gasteiger partial charge is 0.468 e. The first-order valence-corrected chi connectivity index (χ1v) is 9.69. The van der Waals surface area contributed by atoms with Crippen molar-refractivity contribution in [1.82, 2.24) is 29.5 Å². The Morgan fingerprint density at radius 1 is 1.13 bits per heavy atom. The van der Waals surface area contributed by atoms with Gasteiger partial charge in [-0.25, -0.2) is 24.9 Å². The number of nitrogens with one attached hydrogen (secondary N) is 1. The highest BCUT2D eigenvalue weighted by Crippen LogP contribution is 2.20. The first-order chi connectivity index (χ1) is 14.6. The summed E-state index contributed by atoms with van der Waals surface area (Å²) in [6.45, 7) is 0.174. The molecular weight excluding hydrogens is 450 g/mol. The lowest BCUT2D eigenvalue weighted by atomic mass is 10.2. The first kappa shape index (κ1) is 19.6. The molecule has 0 aliphatic carbocycles. The Kier molecular flexibility index (Phi) is 5.75. The molecule has 0 saturated heterocycles. The summed E-state index contributed by atoms with van der Waals surface area (Å²) >= 11 is 3.24. The van der Waals surface area contributed by atoms with E-state index < -0.39 is 5.91 Å². The molecule has 30 heavy (non-hydrogen) atoms. The zero-order chi connectivity index (χ0) is 20.9. The van der Waals surface area contributed by atoms with Gasteiger partial charge in [0.05, 0.1) is 30.0 Å². The van der Waals surface area contributed by atoms with Crippen LogP contribution in [0.2, 0.25) is 0 Å². The number of hydrogen-bond acceptors (Lipinski definition) is 7. The molecule has 3 heterocycles. The van der Waals surface area contributed by atoms with Crippen molar-refractivity contribution in [3.8, 4) is 17.1 Å². The van der Waals surface area contributed by atoms with E-state index in [0.717, 1.165) is 11.3 Å². The molecule has 0 unspecified atom stereocenters. The molecule has 4 rings (SSSR count). The zero-order valence-electron chi connectivity index (χ0n) is 15.9. The Labute approximate surface area is 180 Å². The van der Waals surface area contributed by atoms with Crippen molar-refractivity contribution >= 4 is 27.5 Å². The molecule has 9 nitrogen and oxygen atoms in total. The minimum absolute atomic E-state index is 0.0844. The van der Waals surface area contributed by atoms with Gasteiger partial charge in [0.1, 0.15) is 23.4 Å². The minimum Gasteiger partial charge on any atom is -0.468 e. The lowest BCUT2D eigenvalue weighted by Crippen LogP contribution is -2.16. The summed E-state index contributed by atoms with van der Waals surface area (Å²) in [5.74, 6) is 0.459. The van der Waals surface area contributed by atoms with Gasteiger partial charge in [0.15, 0.2) is 5.69 Å². The van der Waals surface area contributed by atoms with Crippen LogP contribution in [0.25, 0.3) is 11.3 Å². The summed E-state index contributed by atoms with van der Waals surface area (Å²) in [6, 6.07) is 9.88. The third-order valence-corrected chi connectivity index (χ3v) is 4.71. The maximum Gasteiger partial charge on any atom is 0.277 e. The predicted octanol–water partition coefficient (Wildman–Crippen LogP) is 3.26. The third-order valence-electron chi connectivity index (χ3n) is 4.13. The SMILES string of the molecule is Cn1cc(-c2ccccc2)nc1COc1cnc(Br)c(C(=O)Nc2cncnc2)n1. The minimum atomic E-state index is -0.460. The molecule has 1 aromatic carbocycles. The van der Waals surface area contributed by atoms with E-state index in [1.807, 2.05) is 48.1 Å². The second kappa shape index (κ2) is 8.78. The highest BCUT2D eigenvalue weighted by Gasteiger charge is 2.16. The zero-order valence-corrected chi connectivity index (χ0v) is 17.4. The van der Waals surface area contributed by atoms with Crippen LogP contribution in [0.3, 0.4) is 0 Å². The van der Waals surface area contributed by atoms with Gasteiger partial charge in [0.2, 0.25) is 5.88 Å². The van der Waals surface area contributed by atoms with Crippen LogP contribution in [0.1, 0.15) is 16.3 Å². The smallest absolute Gasteiger partial charge is 0.277 e. The van der Waals surface area contributed by atoms with Crippen LogP contribution in [0.4, 0.5) is 5.69 Å². The number of aromatic nitrogens is 6. The van der Waals surface area contributed by atoms with Crippen LogP contribution < -0.4 is 10.1 Å². The number of halogens is 1. The summed E-state index contributed by atoms with van der Waals surface area (Å²) < 4.78 is 7.92. The van der Waals surface area contributed by atoms with Crippen LogP contribution in [0.15, 0.2) is 66.0 Å². The molecular formula is C20H16BrN7O2. The van der Waals surface area contributed by atoms with E-state index in [9.17, 15) is 4.79 Å². The quantitative estimate of drug-likeness (QED) is 0.465. The number of ether oxygens (including phenoxy) is 1. The number of carbonyl (C=O) groups excluding carboxylic acids is 1. The molecule has 0 radical (unpaired) electrons. The van der Waals surface area contributed by atoms with E-state index in [2.05, 4.69) is 46.2 Å². The number of rotatable bonds is 6. The molecule has 0 spiro atoms. The van der Waals surface area contributed by atoms with E-state index in [4.69, 9.17) is 4.74 Å². The monoisotopic (exact) mass is 465 g/mol. The van der Waals surface area contributed by atoms with Gasteiger partial charge in [0.25, 0.3) is 5.91 Å². The third kappa shape index (κ3) is 4.49. The Hall–Kier alpha value is -3.66. The number of benzene rings is 1. The van der Waals surface area contributed by atoms with Crippen LogP contribution in [0.5, 0.6) is 5.88 Å². The Bertz CT molecular complexity index is 1170. The van der Waals surface area contributed by atoms with Gasteiger partial charge in [-0.2, -0.15) is 0 Å². The van der Waals surface area contributed by atoms with Crippen molar-refractivity contribution < 1.29 is 9.53 Å². The number of imidazole rings is 1. The summed E-state index contributed by atoms with van der Waals surface area (Å²) in [5, 5.41) is 2.66. The maximum atomic E-state index is 12.5. The highest BCUT2D eigenvalue weighted by molar-refractivity contribution is 9.10. The van der Waals surface area contributed by atoms with Gasteiger partial charge in [-0.3, -0.25) is 4.79 Å². The maximum absolute atomic E-state index is 12.5. The van der Waals surface area contributed by atoms with Crippen molar-refractivity contribution in [3.05, 3.63) is 77.6 Å². The first-order valence-electron chi connectivity index (χ1n) is 8.89. The fraction of sp³-hybridized carbons (Fsp3) is 0.100. The summed E-state index contributed by atoms with van der Waals surface area (Å²) in [5.41, 5.74) is 2.40. The number of carbonyl (C=O) groups is 1. The molecule has 0 saturated carbocycles. The predicted molar refractivity (Wildman–Crippen MR) is 113 cm³/mol. The average Bonchev–Trinajstić information content (AvgIpc) is 3.15. The average molecular weight is 466 g/mol. The van der Waals surface area contributed by atoms with E-state index >= 15 is 0 Å². The number of amides is 1. The van der Waals surface area contributed by atoms with Gasteiger partial charge in [0, 0.05) is 18.8 Å². The van der Waals surface area contributed by atoms with Crippen LogP contribution in [0, 0.1) is 0 Å². The molecule has 1 N–H and O–H groups in total. The molecule has 0 bridgehead atoms. The molecule has 1 amide bonds. The summed E-state index contributed by atoms with van der Waals surface area (Å²) in [6.07, 6.45) is 7.71. The molecule has 0 atom stereocenters. The van der Waals surface area contributed by atoms with Crippen LogP contribution in [-0.2, 0) is 13.7 Å². The Morgan fingerprint density at radius 2 is 1.90 bits per heavy atom. The summed E-state index contributed by atoms with van der Waals surface area (Å²) in [7, 11) is 1.90. The van der Waals surface area contributed by atoms with Gasteiger partial charge in [-0.15, -0.1) is 0 Å². The Morgan fingerprint density at radius 3 is 2.67 bits per heavy atom. The Balaban J connectivity index is 1.47. The standard InChI is InChI=1S/C20H16BrN7O2/c1-28-10-15(13-5-3-2-4-6-13)26-16(28)11-30-17-9-24-19(21)18(27-17)20(29)25-14-7-22-12-23-8-14/h2-10,12H,11H2,1H3,(H,25,29). The molecule has 10 heteroatoms. The number of aryl methyl sites for hydroxylation is 1.